The van der Waals surface area contributed by atoms with Crippen molar-refractivity contribution in [3.8, 4) is 22.3 Å². The Morgan fingerprint density at radius 1 is 0.667 bits per heavy atom. The summed E-state index contributed by atoms with van der Waals surface area (Å²) in [7, 11) is 0. The minimum Gasteiger partial charge on any atom is -0.0984 e. The van der Waals surface area contributed by atoms with Crippen LogP contribution in [-0.2, 0) is 0 Å². The third kappa shape index (κ3) is 2.53. The van der Waals surface area contributed by atoms with Crippen molar-refractivity contribution in [2.75, 3.05) is 0 Å². The highest BCUT2D eigenvalue weighted by atomic mass is 14.1. The van der Waals surface area contributed by atoms with Crippen LogP contribution in [0.2, 0.25) is 0 Å². The quantitative estimate of drug-likeness (QED) is 0.550. The van der Waals surface area contributed by atoms with Crippen molar-refractivity contribution in [2.24, 2.45) is 0 Å². The van der Waals surface area contributed by atoms with Gasteiger partial charge in [0.25, 0.3) is 0 Å². The molecule has 0 aliphatic carbocycles. The Labute approximate surface area is 126 Å². The molecule has 0 atom stereocenters. The molecule has 3 aromatic rings. The molecule has 0 nitrogen and oxygen atoms in total. The molecule has 0 aliphatic rings. The zero-order valence-electron chi connectivity index (χ0n) is 12.2. The van der Waals surface area contributed by atoms with E-state index >= 15 is 0 Å². The van der Waals surface area contributed by atoms with Gasteiger partial charge in [0, 0.05) is 0 Å². The van der Waals surface area contributed by atoms with E-state index in [1.54, 1.807) is 0 Å². The summed E-state index contributed by atoms with van der Waals surface area (Å²) >= 11 is 0. The van der Waals surface area contributed by atoms with Crippen LogP contribution < -0.4 is 0 Å². The van der Waals surface area contributed by atoms with Gasteiger partial charge in [-0.05, 0) is 40.3 Å². The molecule has 0 aromatic heterocycles. The normalized spacial score (nSPS) is 10.3. The molecule has 0 radical (unpaired) electrons. The molecule has 0 heteroatoms. The Morgan fingerprint density at radius 2 is 1.14 bits per heavy atom. The van der Waals surface area contributed by atoms with E-state index in [0.29, 0.717) is 0 Å². The van der Waals surface area contributed by atoms with Crippen molar-refractivity contribution in [2.45, 2.75) is 6.92 Å². The second-order valence-corrected chi connectivity index (χ2v) is 5.14. The standard InChI is InChI=1S/C21H18/c1-3-19-16(2)20(17-10-6-4-7-11-17)14-15-21(19)18-12-8-5-9-13-18/h3-15H,1H2,2H3. The Morgan fingerprint density at radius 3 is 1.67 bits per heavy atom. The maximum Gasteiger partial charge on any atom is -0.0109 e. The van der Waals surface area contributed by atoms with Crippen molar-refractivity contribution in [1.29, 1.82) is 0 Å². The Kier molecular flexibility index (Phi) is 3.70. The zero-order chi connectivity index (χ0) is 14.7. The van der Waals surface area contributed by atoms with Gasteiger partial charge in [-0.15, -0.1) is 0 Å². The summed E-state index contributed by atoms with van der Waals surface area (Å²) in [6.07, 6.45) is 1.96. The van der Waals surface area contributed by atoms with Crippen molar-refractivity contribution < 1.29 is 0 Å². The van der Waals surface area contributed by atoms with Gasteiger partial charge in [-0.1, -0.05) is 85.5 Å². The molecule has 0 aliphatic heterocycles. The first kappa shape index (κ1) is 13.4. The lowest BCUT2D eigenvalue weighted by atomic mass is 9.90. The van der Waals surface area contributed by atoms with Crippen molar-refractivity contribution >= 4 is 6.08 Å². The first-order chi connectivity index (χ1) is 10.3. The molecule has 0 bridgehead atoms. The van der Waals surface area contributed by atoms with E-state index in [4.69, 9.17) is 0 Å². The molecular formula is C21H18. The zero-order valence-corrected chi connectivity index (χ0v) is 12.2. The highest BCUT2D eigenvalue weighted by Crippen LogP contribution is 2.33. The molecule has 0 N–H and O–H groups in total. The van der Waals surface area contributed by atoms with Crippen LogP contribution >= 0.6 is 0 Å². The summed E-state index contributed by atoms with van der Waals surface area (Å²) in [5.41, 5.74) is 7.47. The SMILES string of the molecule is C=Cc1c(-c2ccccc2)ccc(-c2ccccc2)c1C. The lowest BCUT2D eigenvalue weighted by molar-refractivity contribution is 1.43. The summed E-state index contributed by atoms with van der Waals surface area (Å²) in [6, 6.07) is 25.4. The van der Waals surface area contributed by atoms with Crippen molar-refractivity contribution in [1.82, 2.24) is 0 Å². The third-order valence-electron chi connectivity index (χ3n) is 3.89. The van der Waals surface area contributed by atoms with Crippen LogP contribution in [0.4, 0.5) is 0 Å². The smallest absolute Gasteiger partial charge is 0.0109 e. The van der Waals surface area contributed by atoms with Crippen LogP contribution in [0, 0.1) is 6.92 Å². The number of hydrogen-bond acceptors (Lipinski definition) is 0. The van der Waals surface area contributed by atoms with E-state index < -0.39 is 0 Å². The van der Waals surface area contributed by atoms with E-state index in [1.165, 1.54) is 33.4 Å². The average molecular weight is 270 g/mol. The number of rotatable bonds is 3. The maximum atomic E-state index is 4.01. The number of hydrogen-bond donors (Lipinski definition) is 0. The van der Waals surface area contributed by atoms with Gasteiger partial charge in [-0.2, -0.15) is 0 Å². The van der Waals surface area contributed by atoms with Crippen LogP contribution in [0.25, 0.3) is 28.3 Å². The maximum absolute atomic E-state index is 4.01. The van der Waals surface area contributed by atoms with Gasteiger partial charge < -0.3 is 0 Å². The second-order valence-electron chi connectivity index (χ2n) is 5.14. The van der Waals surface area contributed by atoms with Crippen LogP contribution in [0.15, 0.2) is 79.4 Å². The Hall–Kier alpha value is -2.60. The largest absolute Gasteiger partial charge is 0.0984 e. The lowest BCUT2D eigenvalue weighted by Gasteiger charge is -2.14. The van der Waals surface area contributed by atoms with Crippen LogP contribution in [-0.4, -0.2) is 0 Å². The minimum absolute atomic E-state index is 1.21. The monoisotopic (exact) mass is 270 g/mol. The van der Waals surface area contributed by atoms with Gasteiger partial charge >= 0.3 is 0 Å². The topological polar surface area (TPSA) is 0 Å². The van der Waals surface area contributed by atoms with E-state index in [1.807, 2.05) is 18.2 Å². The molecular weight excluding hydrogens is 252 g/mol. The predicted molar refractivity (Wildman–Crippen MR) is 92.1 cm³/mol. The van der Waals surface area contributed by atoms with E-state index in [0.717, 1.165) is 0 Å². The Bertz CT molecular complexity index is 753. The molecule has 102 valence electrons. The molecule has 3 aromatic carbocycles. The number of benzene rings is 3. The van der Waals surface area contributed by atoms with E-state index in [-0.39, 0.29) is 0 Å². The van der Waals surface area contributed by atoms with Crippen LogP contribution in [0.1, 0.15) is 11.1 Å². The summed E-state index contributed by atoms with van der Waals surface area (Å²) < 4.78 is 0. The van der Waals surface area contributed by atoms with Gasteiger partial charge in [-0.3, -0.25) is 0 Å². The first-order valence-corrected chi connectivity index (χ1v) is 7.18. The summed E-state index contributed by atoms with van der Waals surface area (Å²) in [6.45, 7) is 6.19. The summed E-state index contributed by atoms with van der Waals surface area (Å²) in [5.74, 6) is 0. The molecule has 0 spiro atoms. The lowest BCUT2D eigenvalue weighted by Crippen LogP contribution is -1.91. The molecule has 0 unspecified atom stereocenters. The van der Waals surface area contributed by atoms with E-state index in [2.05, 4.69) is 74.2 Å². The van der Waals surface area contributed by atoms with Gasteiger partial charge in [0.2, 0.25) is 0 Å². The highest BCUT2D eigenvalue weighted by Gasteiger charge is 2.10. The molecule has 0 saturated heterocycles. The predicted octanol–water partition coefficient (Wildman–Crippen LogP) is 5.97. The second kappa shape index (κ2) is 5.80. The van der Waals surface area contributed by atoms with Crippen molar-refractivity contribution in [3.63, 3.8) is 0 Å². The van der Waals surface area contributed by atoms with Crippen LogP contribution in [0.5, 0.6) is 0 Å². The molecule has 3 rings (SSSR count). The minimum atomic E-state index is 1.21. The summed E-state index contributed by atoms with van der Waals surface area (Å²) in [5, 5.41) is 0. The van der Waals surface area contributed by atoms with Gasteiger partial charge in [-0.25, -0.2) is 0 Å². The van der Waals surface area contributed by atoms with E-state index in [9.17, 15) is 0 Å². The third-order valence-corrected chi connectivity index (χ3v) is 3.89. The van der Waals surface area contributed by atoms with Crippen LogP contribution in [0.3, 0.4) is 0 Å². The molecule has 0 amide bonds. The Balaban J connectivity index is 2.19. The fraction of sp³-hybridized carbons (Fsp3) is 0.0476. The first-order valence-electron chi connectivity index (χ1n) is 7.18. The highest BCUT2D eigenvalue weighted by molar-refractivity contribution is 5.82. The summed E-state index contributed by atoms with van der Waals surface area (Å²) in [4.78, 5) is 0. The molecule has 0 fully saturated rings. The molecule has 0 saturated carbocycles. The van der Waals surface area contributed by atoms with Gasteiger partial charge in [0.05, 0.1) is 0 Å². The fourth-order valence-electron chi connectivity index (χ4n) is 2.79. The fourth-order valence-corrected chi connectivity index (χ4v) is 2.79. The molecule has 21 heavy (non-hydrogen) atoms. The van der Waals surface area contributed by atoms with Gasteiger partial charge in [0.15, 0.2) is 0 Å². The van der Waals surface area contributed by atoms with Gasteiger partial charge in [0.1, 0.15) is 0 Å². The molecule has 0 heterocycles. The van der Waals surface area contributed by atoms with Crippen molar-refractivity contribution in [3.05, 3.63) is 90.5 Å². The average Bonchev–Trinajstić information content (AvgIpc) is 2.56.